The molecule has 0 saturated carbocycles. The molecule has 0 aliphatic rings. The van der Waals surface area contributed by atoms with Crippen molar-refractivity contribution in [2.24, 2.45) is 0 Å². The molecule has 1 amide bonds. The summed E-state index contributed by atoms with van der Waals surface area (Å²) in [5, 5.41) is 16.5. The van der Waals surface area contributed by atoms with E-state index in [0.29, 0.717) is 17.1 Å². The van der Waals surface area contributed by atoms with Gasteiger partial charge in [0.1, 0.15) is 5.82 Å². The Morgan fingerprint density at radius 3 is 2.62 bits per heavy atom. The maximum atomic E-state index is 12.9. The number of aromatic nitrogens is 2. The number of anilines is 1. The first-order chi connectivity index (χ1) is 11.6. The Labute approximate surface area is 137 Å². The minimum Gasteiger partial charge on any atom is -0.504 e. The van der Waals surface area contributed by atoms with E-state index in [2.05, 4.69) is 10.4 Å². The third-order valence-corrected chi connectivity index (χ3v) is 3.35. The number of nitrogens with zero attached hydrogens (tertiary/aromatic N) is 2. The number of ether oxygens (including phenoxy) is 1. The van der Waals surface area contributed by atoms with Crippen LogP contribution in [0.1, 0.15) is 10.5 Å². The molecule has 1 aromatic heterocycles. The van der Waals surface area contributed by atoms with E-state index in [4.69, 9.17) is 4.74 Å². The van der Waals surface area contributed by atoms with Crippen molar-refractivity contribution in [2.45, 2.75) is 0 Å². The molecule has 24 heavy (non-hydrogen) atoms. The summed E-state index contributed by atoms with van der Waals surface area (Å²) in [7, 11) is 1.44. The number of carbonyl (C=O) groups is 1. The maximum Gasteiger partial charge on any atom is 0.276 e. The largest absolute Gasteiger partial charge is 0.504 e. The van der Waals surface area contributed by atoms with Gasteiger partial charge in [0.2, 0.25) is 0 Å². The smallest absolute Gasteiger partial charge is 0.276 e. The number of hydrogen-bond donors (Lipinski definition) is 2. The minimum atomic E-state index is -0.430. The zero-order valence-electron chi connectivity index (χ0n) is 12.7. The van der Waals surface area contributed by atoms with E-state index < -0.39 is 5.91 Å². The second-order valence-electron chi connectivity index (χ2n) is 4.96. The highest BCUT2D eigenvalue weighted by Crippen LogP contribution is 2.28. The van der Waals surface area contributed by atoms with Gasteiger partial charge in [-0.3, -0.25) is 4.79 Å². The summed E-state index contributed by atoms with van der Waals surface area (Å²) in [6.45, 7) is 0. The third-order valence-electron chi connectivity index (χ3n) is 3.35. The van der Waals surface area contributed by atoms with Crippen LogP contribution in [0.4, 0.5) is 10.1 Å². The Kier molecular flexibility index (Phi) is 4.15. The van der Waals surface area contributed by atoms with Gasteiger partial charge in [-0.25, -0.2) is 9.07 Å². The van der Waals surface area contributed by atoms with E-state index in [-0.39, 0.29) is 17.3 Å². The molecule has 0 atom stereocenters. The Morgan fingerprint density at radius 1 is 1.21 bits per heavy atom. The number of benzene rings is 2. The molecule has 0 unspecified atom stereocenters. The molecule has 3 rings (SSSR count). The van der Waals surface area contributed by atoms with Crippen LogP contribution in [0.15, 0.2) is 54.7 Å². The van der Waals surface area contributed by atoms with Crippen LogP contribution in [0, 0.1) is 5.82 Å². The van der Waals surface area contributed by atoms with Crippen molar-refractivity contribution in [3.05, 3.63) is 66.2 Å². The molecule has 0 aliphatic carbocycles. The van der Waals surface area contributed by atoms with E-state index >= 15 is 0 Å². The Balaban J connectivity index is 1.76. The average Bonchev–Trinajstić information content (AvgIpc) is 3.06. The Morgan fingerprint density at radius 2 is 1.96 bits per heavy atom. The predicted octanol–water partition coefficient (Wildman–Crippen LogP) is 2.98. The number of methoxy groups -OCH3 is 1. The summed E-state index contributed by atoms with van der Waals surface area (Å²) in [5.41, 5.74) is 1.24. The van der Waals surface area contributed by atoms with Gasteiger partial charge in [0.25, 0.3) is 5.91 Å². The van der Waals surface area contributed by atoms with Gasteiger partial charge in [-0.1, -0.05) is 0 Å². The molecule has 122 valence electrons. The monoisotopic (exact) mass is 327 g/mol. The topological polar surface area (TPSA) is 76.4 Å². The molecule has 7 heteroatoms. The van der Waals surface area contributed by atoms with Gasteiger partial charge in [0, 0.05) is 18.0 Å². The molecule has 0 radical (unpaired) electrons. The summed E-state index contributed by atoms with van der Waals surface area (Å²) < 4.78 is 19.4. The highest BCUT2D eigenvalue weighted by Gasteiger charge is 2.12. The van der Waals surface area contributed by atoms with Gasteiger partial charge >= 0.3 is 0 Å². The summed E-state index contributed by atoms with van der Waals surface area (Å²) in [6, 6.07) is 11.8. The van der Waals surface area contributed by atoms with Crippen LogP contribution in [0.5, 0.6) is 11.5 Å². The first kappa shape index (κ1) is 15.5. The van der Waals surface area contributed by atoms with Crippen molar-refractivity contribution < 1.29 is 19.0 Å². The standard InChI is InChI=1S/C17H14FN3O3/c1-24-16-7-4-12(10-15(16)22)19-17(23)14-8-9-21(20-14)13-5-2-11(18)3-6-13/h2-10,22H,1H3,(H,19,23). The lowest BCUT2D eigenvalue weighted by molar-refractivity contribution is 0.102. The van der Waals surface area contributed by atoms with Crippen LogP contribution in [-0.2, 0) is 0 Å². The van der Waals surface area contributed by atoms with E-state index in [1.165, 1.54) is 30.0 Å². The number of aromatic hydroxyl groups is 1. The fourth-order valence-corrected chi connectivity index (χ4v) is 2.15. The number of halogens is 1. The zero-order valence-corrected chi connectivity index (χ0v) is 12.7. The van der Waals surface area contributed by atoms with Crippen LogP contribution in [0.3, 0.4) is 0 Å². The van der Waals surface area contributed by atoms with E-state index in [1.54, 1.807) is 36.5 Å². The molecule has 3 aromatic rings. The fraction of sp³-hybridized carbons (Fsp3) is 0.0588. The van der Waals surface area contributed by atoms with Crippen molar-refractivity contribution >= 4 is 11.6 Å². The van der Waals surface area contributed by atoms with Crippen LogP contribution in [-0.4, -0.2) is 27.9 Å². The maximum absolute atomic E-state index is 12.9. The summed E-state index contributed by atoms with van der Waals surface area (Å²) in [5.74, 6) is -0.538. The van der Waals surface area contributed by atoms with Gasteiger partial charge in [-0.05, 0) is 42.5 Å². The number of rotatable bonds is 4. The number of hydrogen-bond acceptors (Lipinski definition) is 4. The number of amides is 1. The second kappa shape index (κ2) is 6.41. The van der Waals surface area contributed by atoms with Gasteiger partial charge in [-0.2, -0.15) is 5.10 Å². The molecule has 0 spiro atoms. The lowest BCUT2D eigenvalue weighted by atomic mass is 10.2. The molecule has 0 aliphatic heterocycles. The summed E-state index contributed by atoms with van der Waals surface area (Å²) in [6.07, 6.45) is 1.60. The molecule has 0 fully saturated rings. The summed E-state index contributed by atoms with van der Waals surface area (Å²) >= 11 is 0. The quantitative estimate of drug-likeness (QED) is 0.772. The number of carbonyl (C=O) groups excluding carboxylic acids is 1. The molecular weight excluding hydrogens is 313 g/mol. The number of nitrogens with one attached hydrogen (secondary N) is 1. The number of phenols is 1. The van der Waals surface area contributed by atoms with Crippen LogP contribution < -0.4 is 10.1 Å². The molecule has 0 bridgehead atoms. The van der Waals surface area contributed by atoms with Gasteiger partial charge in [0.15, 0.2) is 17.2 Å². The van der Waals surface area contributed by atoms with Crippen LogP contribution in [0.25, 0.3) is 5.69 Å². The van der Waals surface area contributed by atoms with E-state index in [0.717, 1.165) is 0 Å². The third kappa shape index (κ3) is 3.19. The van der Waals surface area contributed by atoms with Gasteiger partial charge in [-0.15, -0.1) is 0 Å². The lowest BCUT2D eigenvalue weighted by Gasteiger charge is -2.07. The van der Waals surface area contributed by atoms with Crippen molar-refractivity contribution in [3.8, 4) is 17.2 Å². The minimum absolute atomic E-state index is 0.0767. The van der Waals surface area contributed by atoms with Crippen LogP contribution >= 0.6 is 0 Å². The SMILES string of the molecule is COc1ccc(NC(=O)c2ccn(-c3ccc(F)cc3)n2)cc1O. The first-order valence-corrected chi connectivity index (χ1v) is 7.07. The summed E-state index contributed by atoms with van der Waals surface area (Å²) in [4.78, 5) is 12.2. The second-order valence-corrected chi connectivity index (χ2v) is 4.96. The molecule has 6 nitrogen and oxygen atoms in total. The van der Waals surface area contributed by atoms with E-state index in [1.807, 2.05) is 0 Å². The molecule has 2 N–H and O–H groups in total. The number of phenolic OH excluding ortho intramolecular Hbond substituents is 1. The Hall–Kier alpha value is -3.35. The highest BCUT2D eigenvalue weighted by molar-refractivity contribution is 6.03. The molecule has 0 saturated heterocycles. The van der Waals surface area contributed by atoms with Crippen molar-refractivity contribution in [1.82, 2.24) is 9.78 Å². The molecular formula is C17H14FN3O3. The molecule has 1 heterocycles. The van der Waals surface area contributed by atoms with E-state index in [9.17, 15) is 14.3 Å². The normalized spacial score (nSPS) is 10.4. The van der Waals surface area contributed by atoms with Gasteiger partial charge in [0.05, 0.1) is 12.8 Å². The van der Waals surface area contributed by atoms with Gasteiger partial charge < -0.3 is 15.2 Å². The Bertz CT molecular complexity index is 875. The average molecular weight is 327 g/mol. The predicted molar refractivity (Wildman–Crippen MR) is 86.1 cm³/mol. The highest BCUT2D eigenvalue weighted by atomic mass is 19.1. The van der Waals surface area contributed by atoms with Crippen molar-refractivity contribution in [1.29, 1.82) is 0 Å². The zero-order chi connectivity index (χ0) is 17.1. The lowest BCUT2D eigenvalue weighted by Crippen LogP contribution is -2.13. The van der Waals surface area contributed by atoms with Crippen LogP contribution in [0.2, 0.25) is 0 Å². The van der Waals surface area contributed by atoms with Crippen molar-refractivity contribution in [3.63, 3.8) is 0 Å². The fourth-order valence-electron chi connectivity index (χ4n) is 2.15. The molecule has 2 aromatic carbocycles. The van der Waals surface area contributed by atoms with Crippen molar-refractivity contribution in [2.75, 3.05) is 12.4 Å². The first-order valence-electron chi connectivity index (χ1n) is 7.07.